The number of rotatable bonds is 4. The first-order chi connectivity index (χ1) is 13.5. The zero-order valence-electron chi connectivity index (χ0n) is 16.0. The van der Waals surface area contributed by atoms with Crippen LogP contribution < -0.4 is 10.1 Å². The van der Waals surface area contributed by atoms with Gasteiger partial charge in [-0.3, -0.25) is 9.00 Å². The van der Waals surface area contributed by atoms with E-state index in [0.29, 0.717) is 28.6 Å². The van der Waals surface area contributed by atoms with Crippen LogP contribution in [0.4, 0.5) is 5.82 Å². The fourth-order valence-electron chi connectivity index (χ4n) is 3.32. The zero-order chi connectivity index (χ0) is 19.8. The average molecular weight is 395 g/mol. The first-order valence-electron chi connectivity index (χ1n) is 8.95. The number of anilines is 1. The first-order valence-corrected chi connectivity index (χ1v) is 10.4. The second-order valence-electron chi connectivity index (χ2n) is 6.82. The van der Waals surface area contributed by atoms with Gasteiger partial charge < -0.3 is 10.1 Å². The highest BCUT2D eigenvalue weighted by Gasteiger charge is 2.29. The third-order valence-electron chi connectivity index (χ3n) is 5.06. The van der Waals surface area contributed by atoms with Gasteiger partial charge in [-0.25, -0.2) is 4.68 Å². The van der Waals surface area contributed by atoms with Crippen LogP contribution in [0.15, 0.2) is 42.5 Å². The molecule has 1 aliphatic heterocycles. The van der Waals surface area contributed by atoms with Crippen LogP contribution in [-0.2, 0) is 22.3 Å². The molecule has 1 aromatic heterocycles. The van der Waals surface area contributed by atoms with Gasteiger partial charge in [0.25, 0.3) is 5.91 Å². The Hall–Kier alpha value is -2.93. The average Bonchev–Trinajstić information content (AvgIpc) is 3.21. The number of hydrogen-bond acceptors (Lipinski definition) is 4. The van der Waals surface area contributed by atoms with Gasteiger partial charge in [-0.15, -0.1) is 0 Å². The van der Waals surface area contributed by atoms with Gasteiger partial charge in [0.05, 0.1) is 30.0 Å². The summed E-state index contributed by atoms with van der Waals surface area (Å²) in [6.45, 7) is 4.07. The largest absolute Gasteiger partial charge is 0.497 e. The van der Waals surface area contributed by atoms with Crippen molar-refractivity contribution < 1.29 is 13.7 Å². The van der Waals surface area contributed by atoms with Crippen molar-refractivity contribution in [2.45, 2.75) is 25.4 Å². The fourth-order valence-corrected chi connectivity index (χ4v) is 4.58. The van der Waals surface area contributed by atoms with E-state index in [0.717, 1.165) is 28.1 Å². The lowest BCUT2D eigenvalue weighted by atomic mass is 10.1. The quantitative estimate of drug-likeness (QED) is 0.734. The van der Waals surface area contributed by atoms with Crippen molar-refractivity contribution in [3.05, 3.63) is 70.4 Å². The van der Waals surface area contributed by atoms with Gasteiger partial charge in [0.1, 0.15) is 11.6 Å². The van der Waals surface area contributed by atoms with Gasteiger partial charge in [0.2, 0.25) is 0 Å². The second kappa shape index (κ2) is 7.24. The molecule has 1 atom stereocenters. The summed E-state index contributed by atoms with van der Waals surface area (Å²) < 4.78 is 19.0. The second-order valence-corrected chi connectivity index (χ2v) is 8.27. The maximum atomic E-state index is 12.9. The van der Waals surface area contributed by atoms with E-state index in [9.17, 15) is 9.00 Å². The Morgan fingerprint density at radius 3 is 2.61 bits per heavy atom. The van der Waals surface area contributed by atoms with E-state index in [2.05, 4.69) is 10.4 Å². The fraction of sp³-hybridized carbons (Fsp3) is 0.238. The smallest absolute Gasteiger partial charge is 0.256 e. The van der Waals surface area contributed by atoms with Crippen molar-refractivity contribution in [3.63, 3.8) is 0 Å². The monoisotopic (exact) mass is 395 g/mol. The third-order valence-corrected chi connectivity index (χ3v) is 6.26. The van der Waals surface area contributed by atoms with Crippen LogP contribution in [0.25, 0.3) is 5.69 Å². The van der Waals surface area contributed by atoms with E-state index in [-0.39, 0.29) is 5.91 Å². The summed E-state index contributed by atoms with van der Waals surface area (Å²) in [5.41, 5.74) is 5.28. The summed E-state index contributed by atoms with van der Waals surface area (Å²) in [6, 6.07) is 12.9. The summed E-state index contributed by atoms with van der Waals surface area (Å²) in [5.74, 6) is 1.86. The van der Waals surface area contributed by atoms with Crippen molar-refractivity contribution in [1.29, 1.82) is 0 Å². The highest BCUT2D eigenvalue weighted by atomic mass is 32.2. The molecule has 6 nitrogen and oxygen atoms in total. The van der Waals surface area contributed by atoms with Crippen LogP contribution in [0.1, 0.15) is 32.7 Å². The molecule has 0 saturated carbocycles. The molecule has 0 aliphatic carbocycles. The van der Waals surface area contributed by atoms with Gasteiger partial charge in [0, 0.05) is 21.9 Å². The maximum absolute atomic E-state index is 12.9. The van der Waals surface area contributed by atoms with E-state index >= 15 is 0 Å². The molecule has 1 N–H and O–H groups in total. The molecule has 2 heterocycles. The Balaban J connectivity index is 1.76. The number of hydrogen-bond donors (Lipinski definition) is 1. The van der Waals surface area contributed by atoms with E-state index in [1.165, 1.54) is 0 Å². The minimum atomic E-state index is -0.980. The van der Waals surface area contributed by atoms with E-state index in [1.54, 1.807) is 36.1 Å². The number of nitrogens with one attached hydrogen (secondary N) is 1. The minimum absolute atomic E-state index is 0.241. The number of nitrogens with zero attached hydrogens (tertiary/aromatic N) is 2. The molecule has 0 radical (unpaired) electrons. The number of aromatic nitrogens is 2. The molecule has 28 heavy (non-hydrogen) atoms. The number of amides is 1. The normalized spacial score (nSPS) is 15.3. The Bertz CT molecular complexity index is 1090. The van der Waals surface area contributed by atoms with Crippen LogP contribution in [0.3, 0.4) is 0 Å². The first kappa shape index (κ1) is 18.4. The summed E-state index contributed by atoms with van der Waals surface area (Å²) in [5, 5.41) is 7.67. The standard InChI is InChI=1S/C21H21N3O3S/c1-13-5-4-6-19(14(13)2)24-20(17-11-28(26)12-18(17)23-24)22-21(25)15-7-9-16(27-3)10-8-15/h4-10H,11-12H2,1-3H3,(H,22,25). The molecule has 1 amide bonds. The van der Waals surface area contributed by atoms with E-state index < -0.39 is 10.8 Å². The molecule has 1 unspecified atom stereocenters. The predicted octanol–water partition coefficient (Wildman–Crippen LogP) is 3.51. The topological polar surface area (TPSA) is 73.2 Å². The van der Waals surface area contributed by atoms with Gasteiger partial charge in [-0.05, 0) is 55.3 Å². The summed E-state index contributed by atoms with van der Waals surface area (Å²) in [6.07, 6.45) is 0. The van der Waals surface area contributed by atoms with Crippen LogP contribution in [-0.4, -0.2) is 27.0 Å². The van der Waals surface area contributed by atoms with Crippen molar-refractivity contribution in [1.82, 2.24) is 9.78 Å². The molecule has 3 aromatic rings. The summed E-state index contributed by atoms with van der Waals surface area (Å²) in [7, 11) is 0.604. The summed E-state index contributed by atoms with van der Waals surface area (Å²) in [4.78, 5) is 12.9. The van der Waals surface area contributed by atoms with Gasteiger partial charge in [-0.1, -0.05) is 12.1 Å². The number of fused-ring (bicyclic) bond motifs is 1. The van der Waals surface area contributed by atoms with Crippen LogP contribution >= 0.6 is 0 Å². The number of aryl methyl sites for hydroxylation is 1. The lowest BCUT2D eigenvalue weighted by Crippen LogP contribution is -2.17. The molecular weight excluding hydrogens is 374 g/mol. The number of methoxy groups -OCH3 is 1. The Kier molecular flexibility index (Phi) is 4.77. The molecule has 0 saturated heterocycles. The van der Waals surface area contributed by atoms with Crippen molar-refractivity contribution >= 4 is 22.5 Å². The molecule has 0 spiro atoms. The molecular formula is C21H21N3O3S. The Labute approximate surface area is 166 Å². The Morgan fingerprint density at radius 2 is 1.89 bits per heavy atom. The Morgan fingerprint density at radius 1 is 1.14 bits per heavy atom. The number of ether oxygens (including phenoxy) is 1. The van der Waals surface area contributed by atoms with Crippen molar-refractivity contribution in [2.75, 3.05) is 12.4 Å². The van der Waals surface area contributed by atoms with Gasteiger partial charge in [-0.2, -0.15) is 5.10 Å². The number of benzene rings is 2. The predicted molar refractivity (Wildman–Crippen MR) is 110 cm³/mol. The molecule has 144 valence electrons. The molecule has 0 bridgehead atoms. The lowest BCUT2D eigenvalue weighted by Gasteiger charge is -2.14. The van der Waals surface area contributed by atoms with Crippen molar-refractivity contribution in [3.8, 4) is 11.4 Å². The lowest BCUT2D eigenvalue weighted by molar-refractivity contribution is 0.102. The zero-order valence-corrected chi connectivity index (χ0v) is 16.8. The van der Waals surface area contributed by atoms with E-state index in [1.807, 2.05) is 32.0 Å². The molecule has 1 aliphatic rings. The number of carbonyl (C=O) groups excluding carboxylic acids is 1. The van der Waals surface area contributed by atoms with Crippen LogP contribution in [0.2, 0.25) is 0 Å². The van der Waals surface area contributed by atoms with Gasteiger partial charge >= 0.3 is 0 Å². The molecule has 2 aromatic carbocycles. The minimum Gasteiger partial charge on any atom is -0.497 e. The van der Waals surface area contributed by atoms with Crippen LogP contribution in [0.5, 0.6) is 5.75 Å². The van der Waals surface area contributed by atoms with Crippen LogP contribution in [0, 0.1) is 13.8 Å². The molecule has 7 heteroatoms. The maximum Gasteiger partial charge on any atom is 0.256 e. The third kappa shape index (κ3) is 3.22. The highest BCUT2D eigenvalue weighted by Crippen LogP contribution is 2.33. The van der Waals surface area contributed by atoms with E-state index in [4.69, 9.17) is 4.74 Å². The van der Waals surface area contributed by atoms with Gasteiger partial charge in [0.15, 0.2) is 0 Å². The molecule has 4 rings (SSSR count). The van der Waals surface area contributed by atoms with Crippen molar-refractivity contribution in [2.24, 2.45) is 0 Å². The summed E-state index contributed by atoms with van der Waals surface area (Å²) >= 11 is 0. The highest BCUT2D eigenvalue weighted by molar-refractivity contribution is 7.83. The SMILES string of the molecule is COc1ccc(C(=O)Nc2c3c(nn2-c2cccc(C)c2C)CS(=O)C3)cc1. The number of carbonyl (C=O) groups is 1. The molecule has 0 fully saturated rings.